The van der Waals surface area contributed by atoms with Gasteiger partial charge in [-0.15, -0.1) is 0 Å². The van der Waals surface area contributed by atoms with Crippen molar-refractivity contribution in [3.63, 3.8) is 0 Å². The molecule has 2 aliphatic rings. The van der Waals surface area contributed by atoms with Crippen molar-refractivity contribution in [2.24, 2.45) is 17.1 Å². The Morgan fingerprint density at radius 3 is 2.72 bits per heavy atom. The lowest BCUT2D eigenvalue weighted by atomic mass is 9.57. The van der Waals surface area contributed by atoms with E-state index in [0.717, 1.165) is 73.2 Å². The molecule has 3 aromatic heterocycles. The predicted octanol–water partition coefficient (Wildman–Crippen LogP) is 2.99. The number of carbonyl (C=O) groups is 1. The van der Waals surface area contributed by atoms with Crippen molar-refractivity contribution >= 4 is 16.8 Å². The zero-order valence-electron chi connectivity index (χ0n) is 20.6. The lowest BCUT2D eigenvalue weighted by Crippen LogP contribution is -2.47. The molecule has 1 aromatic carbocycles. The van der Waals surface area contributed by atoms with Crippen LogP contribution in [0.2, 0.25) is 0 Å². The maximum absolute atomic E-state index is 12.2. The summed E-state index contributed by atoms with van der Waals surface area (Å²) in [6.07, 6.45) is 6.18. The highest BCUT2D eigenvalue weighted by atomic mass is 16.5. The number of amides is 1. The first kappa shape index (κ1) is 22.9. The second-order valence-electron chi connectivity index (χ2n) is 10.4. The number of nitrogens with one attached hydrogen (secondary N) is 1. The fourth-order valence-corrected chi connectivity index (χ4v) is 6.04. The summed E-state index contributed by atoms with van der Waals surface area (Å²) in [5.41, 5.74) is 9.79. The van der Waals surface area contributed by atoms with Crippen LogP contribution in [0.4, 0.5) is 0 Å². The summed E-state index contributed by atoms with van der Waals surface area (Å²) in [4.78, 5) is 16.9. The summed E-state index contributed by atoms with van der Waals surface area (Å²) in [6, 6.07) is 5.53. The van der Waals surface area contributed by atoms with E-state index in [9.17, 15) is 10.0 Å². The van der Waals surface area contributed by atoms with Gasteiger partial charge in [0.05, 0.1) is 17.4 Å². The Morgan fingerprint density at radius 1 is 1.22 bits per heavy atom. The van der Waals surface area contributed by atoms with Crippen molar-refractivity contribution < 1.29 is 10.0 Å². The highest BCUT2D eigenvalue weighted by Crippen LogP contribution is 2.53. The number of hydrogen-bond donors (Lipinski definition) is 3. The Morgan fingerprint density at radius 2 is 2.00 bits per heavy atom. The molecule has 0 bridgehead atoms. The topological polar surface area (TPSA) is 144 Å². The number of hydrogen-bond acceptors (Lipinski definition) is 7. The summed E-state index contributed by atoms with van der Waals surface area (Å²) in [7, 11) is 0. The number of H-pyrrole nitrogens is 1. The smallest absolute Gasteiger partial charge is 0.248 e. The van der Waals surface area contributed by atoms with Gasteiger partial charge in [0.2, 0.25) is 5.91 Å². The highest BCUT2D eigenvalue weighted by molar-refractivity contribution is 6.02. The van der Waals surface area contributed by atoms with Crippen molar-refractivity contribution in [1.82, 2.24) is 39.8 Å². The molecule has 11 heteroatoms. The van der Waals surface area contributed by atoms with Crippen LogP contribution >= 0.6 is 0 Å². The van der Waals surface area contributed by atoms with Gasteiger partial charge in [-0.1, -0.05) is 0 Å². The number of rotatable bonds is 6. The quantitative estimate of drug-likeness (QED) is 0.378. The third-order valence-electron chi connectivity index (χ3n) is 7.89. The maximum atomic E-state index is 12.2. The Bertz CT molecular complexity index is 1430. The van der Waals surface area contributed by atoms with Crippen LogP contribution < -0.4 is 5.73 Å². The van der Waals surface area contributed by atoms with Crippen LogP contribution in [0, 0.1) is 18.3 Å². The molecule has 36 heavy (non-hydrogen) atoms. The number of benzene rings is 1. The van der Waals surface area contributed by atoms with Gasteiger partial charge in [-0.2, -0.15) is 20.4 Å². The normalized spacial score (nSPS) is 18.2. The molecule has 4 aromatic rings. The summed E-state index contributed by atoms with van der Waals surface area (Å²) in [5, 5.41) is 28.7. The number of nitrogens with zero attached hydrogens (tertiary/aromatic N) is 7. The van der Waals surface area contributed by atoms with Gasteiger partial charge in [0.1, 0.15) is 5.69 Å². The lowest BCUT2D eigenvalue weighted by molar-refractivity contribution is -0.147. The minimum absolute atomic E-state index is 0.356. The first-order valence-electron chi connectivity index (χ1n) is 12.5. The highest BCUT2D eigenvalue weighted by Gasteiger charge is 2.45. The van der Waals surface area contributed by atoms with E-state index in [-0.39, 0.29) is 0 Å². The fraction of sp³-hybridized carbons (Fsp3) is 0.480. The first-order chi connectivity index (χ1) is 17.3. The zero-order valence-corrected chi connectivity index (χ0v) is 20.6. The number of piperidine rings is 1. The lowest BCUT2D eigenvalue weighted by Gasteiger charge is -2.51. The van der Waals surface area contributed by atoms with Crippen molar-refractivity contribution in [1.29, 1.82) is 0 Å². The molecule has 1 saturated carbocycles. The largest absolute Gasteiger partial charge is 0.366 e. The summed E-state index contributed by atoms with van der Waals surface area (Å²) < 4.78 is 3.86. The fourth-order valence-electron chi connectivity index (χ4n) is 6.04. The Kier molecular flexibility index (Phi) is 5.41. The molecule has 11 nitrogen and oxygen atoms in total. The number of nitrogens with two attached hydrogens (primary N) is 1. The van der Waals surface area contributed by atoms with Crippen molar-refractivity contribution in [3.8, 4) is 22.9 Å². The summed E-state index contributed by atoms with van der Waals surface area (Å²) >= 11 is 0. The molecule has 4 N–H and O–H groups in total. The molecule has 1 saturated heterocycles. The number of aromatic nitrogens is 7. The molecule has 1 spiro atoms. The number of aromatic amines is 1. The average Bonchev–Trinajstić information content (AvgIpc) is 3.57. The van der Waals surface area contributed by atoms with Crippen LogP contribution in [0.3, 0.4) is 0 Å². The molecule has 1 aliphatic heterocycles. The van der Waals surface area contributed by atoms with Crippen molar-refractivity contribution in [3.05, 3.63) is 35.7 Å². The van der Waals surface area contributed by atoms with E-state index in [1.165, 1.54) is 5.06 Å². The minimum atomic E-state index is -0.500. The van der Waals surface area contributed by atoms with Crippen LogP contribution in [0.1, 0.15) is 48.7 Å². The maximum Gasteiger partial charge on any atom is 0.248 e. The number of aryl methyl sites for hydroxylation is 2. The molecule has 0 radical (unpaired) electrons. The molecule has 1 aliphatic carbocycles. The molecule has 0 atom stereocenters. The van der Waals surface area contributed by atoms with E-state index in [4.69, 9.17) is 10.7 Å². The Labute approximate surface area is 208 Å². The minimum Gasteiger partial charge on any atom is -0.366 e. The molecule has 2 fully saturated rings. The average molecular weight is 490 g/mol. The van der Waals surface area contributed by atoms with Crippen molar-refractivity contribution in [2.45, 2.75) is 52.6 Å². The second kappa shape index (κ2) is 8.52. The van der Waals surface area contributed by atoms with E-state index >= 15 is 0 Å². The molecular formula is C25H31N9O2. The summed E-state index contributed by atoms with van der Waals surface area (Å²) in [6.45, 7) is 6.97. The van der Waals surface area contributed by atoms with Gasteiger partial charge < -0.3 is 10.9 Å². The monoisotopic (exact) mass is 489 g/mol. The first-order valence-corrected chi connectivity index (χ1v) is 12.5. The number of primary amides is 1. The zero-order chi connectivity index (χ0) is 25.0. The molecule has 4 heterocycles. The molecule has 1 amide bonds. The number of carbonyl (C=O) groups excluding carboxylic acids is 1. The van der Waals surface area contributed by atoms with Gasteiger partial charge in [0.25, 0.3) is 0 Å². The van der Waals surface area contributed by atoms with Crippen LogP contribution in [0.15, 0.2) is 24.4 Å². The molecule has 6 rings (SSSR count). The number of fused-ring (bicyclic) bond motifs is 1. The predicted molar refractivity (Wildman–Crippen MR) is 133 cm³/mol. The van der Waals surface area contributed by atoms with Crippen LogP contribution in [-0.2, 0) is 13.1 Å². The van der Waals surface area contributed by atoms with Crippen LogP contribution in [0.25, 0.3) is 33.8 Å². The van der Waals surface area contributed by atoms with Crippen LogP contribution in [-0.4, -0.2) is 64.0 Å². The van der Waals surface area contributed by atoms with Gasteiger partial charge in [-0.3, -0.25) is 19.3 Å². The van der Waals surface area contributed by atoms with Gasteiger partial charge in [-0.05, 0) is 69.1 Å². The van der Waals surface area contributed by atoms with Gasteiger partial charge >= 0.3 is 0 Å². The molecule has 0 unspecified atom stereocenters. The third-order valence-corrected chi connectivity index (χ3v) is 7.89. The third kappa shape index (κ3) is 3.88. The number of hydroxylamine groups is 2. The van der Waals surface area contributed by atoms with E-state index in [2.05, 4.69) is 20.4 Å². The second-order valence-corrected chi connectivity index (χ2v) is 10.4. The molecular weight excluding hydrogens is 458 g/mol. The Hall–Kier alpha value is -3.57. The van der Waals surface area contributed by atoms with Gasteiger partial charge in [0.15, 0.2) is 11.6 Å². The van der Waals surface area contributed by atoms with E-state index in [1.807, 2.05) is 41.5 Å². The van der Waals surface area contributed by atoms with E-state index < -0.39 is 5.91 Å². The van der Waals surface area contributed by atoms with Crippen LogP contribution in [0.5, 0.6) is 0 Å². The van der Waals surface area contributed by atoms with E-state index in [1.54, 1.807) is 6.07 Å². The summed E-state index contributed by atoms with van der Waals surface area (Å²) in [5.74, 6) is 1.12. The van der Waals surface area contributed by atoms with Gasteiger partial charge in [0, 0.05) is 42.7 Å². The SMILES string of the molecule is CCn1nc(C)cc1-c1nc(-c2cc(C(N)=O)cc3c2cnn3CC2CC3(CCN(O)CC3)C2)n[nH]1. The molecule has 188 valence electrons. The standard InChI is InChI=1S/C25H31N9O2/c1-3-33-21(8-15(2)31-33)24-28-23(29-30-24)18-9-17(22(26)35)10-20-19(18)13-27-34(20)14-16-11-25(12-16)4-6-32(36)7-5-25/h8-10,13,16,36H,3-7,11-12,14H2,1-2H3,(H2,26,35)(H,28,29,30). The van der Waals surface area contributed by atoms with Crippen molar-refractivity contribution in [2.75, 3.05) is 13.1 Å². The van der Waals surface area contributed by atoms with E-state index in [0.29, 0.717) is 35.1 Å². The van der Waals surface area contributed by atoms with Gasteiger partial charge in [-0.25, -0.2) is 4.98 Å². The Balaban J connectivity index is 1.31.